The molecule has 5 rings (SSSR count). The van der Waals surface area contributed by atoms with Gasteiger partial charge in [0.05, 0.1) is 19.1 Å². The van der Waals surface area contributed by atoms with Gasteiger partial charge in [0.25, 0.3) is 0 Å². The Kier molecular flexibility index (Phi) is 6.72. The molecule has 2 atom stereocenters. The number of halogens is 3. The van der Waals surface area contributed by atoms with E-state index in [1.54, 1.807) is 40.4 Å². The van der Waals surface area contributed by atoms with Crippen molar-refractivity contribution in [2.24, 2.45) is 0 Å². The minimum absolute atomic E-state index is 0.129. The summed E-state index contributed by atoms with van der Waals surface area (Å²) in [5, 5.41) is 4.00. The van der Waals surface area contributed by atoms with Gasteiger partial charge in [-0.15, -0.1) is 13.2 Å². The van der Waals surface area contributed by atoms with Crippen LogP contribution in [0.5, 0.6) is 5.75 Å². The van der Waals surface area contributed by atoms with Gasteiger partial charge in [-0.2, -0.15) is 4.98 Å². The minimum Gasteiger partial charge on any atom is -0.406 e. The van der Waals surface area contributed by atoms with Crippen LogP contribution in [-0.2, 0) is 4.74 Å². The van der Waals surface area contributed by atoms with Gasteiger partial charge in [0, 0.05) is 44.5 Å². The normalized spacial score (nSPS) is 20.9. The van der Waals surface area contributed by atoms with E-state index in [1.807, 2.05) is 0 Å². The number of benzene rings is 1. The van der Waals surface area contributed by atoms with E-state index in [-0.39, 0.29) is 29.4 Å². The molecule has 0 aliphatic carbocycles. The summed E-state index contributed by atoms with van der Waals surface area (Å²) in [6.45, 7) is 2.68. The van der Waals surface area contributed by atoms with Gasteiger partial charge in [-0.1, -0.05) is 17.3 Å². The first-order valence-corrected chi connectivity index (χ1v) is 11.4. The zero-order valence-electron chi connectivity index (χ0n) is 19.1. The van der Waals surface area contributed by atoms with Crippen LogP contribution in [0, 0.1) is 0 Å². The molecule has 0 saturated carbocycles. The monoisotopic (exact) mass is 504 g/mol. The molecule has 13 heteroatoms. The second-order valence-corrected chi connectivity index (χ2v) is 8.56. The average Bonchev–Trinajstić information content (AvgIpc) is 3.39. The fourth-order valence-electron chi connectivity index (χ4n) is 4.48. The van der Waals surface area contributed by atoms with Gasteiger partial charge >= 0.3 is 12.4 Å². The Hall–Kier alpha value is -3.74. The second-order valence-electron chi connectivity index (χ2n) is 8.56. The van der Waals surface area contributed by atoms with Crippen molar-refractivity contribution in [2.45, 2.75) is 24.6 Å². The summed E-state index contributed by atoms with van der Waals surface area (Å²) in [5.74, 6) is 0.152. The van der Waals surface area contributed by atoms with E-state index < -0.39 is 6.36 Å². The lowest BCUT2D eigenvalue weighted by atomic mass is 9.84. The maximum absolute atomic E-state index is 13.3. The third kappa shape index (κ3) is 5.56. The first-order chi connectivity index (χ1) is 17.4. The van der Waals surface area contributed by atoms with Gasteiger partial charge in [-0.25, -0.2) is 14.8 Å². The number of aromatic nitrogens is 4. The number of carbonyl (C=O) groups excluding carboxylic acids is 1. The zero-order valence-corrected chi connectivity index (χ0v) is 19.1. The van der Waals surface area contributed by atoms with Crippen molar-refractivity contribution < 1.29 is 32.0 Å². The predicted molar refractivity (Wildman–Crippen MR) is 118 cm³/mol. The average molecular weight is 504 g/mol. The molecule has 2 aliphatic heterocycles. The SMILES string of the molecule is O=C(N1CCOCC1)N1CC(c2ccc(OC(F)(F)F)cc2)CC(c2nc(-c3ncccn3)no2)C1. The maximum atomic E-state index is 13.3. The summed E-state index contributed by atoms with van der Waals surface area (Å²) < 4.78 is 52.6. The molecule has 190 valence electrons. The molecule has 36 heavy (non-hydrogen) atoms. The molecular weight excluding hydrogens is 481 g/mol. The number of urea groups is 1. The van der Waals surface area contributed by atoms with Crippen LogP contribution < -0.4 is 4.74 Å². The fourth-order valence-corrected chi connectivity index (χ4v) is 4.48. The Labute approximate surface area is 204 Å². The lowest BCUT2D eigenvalue weighted by Crippen LogP contribution is -2.52. The van der Waals surface area contributed by atoms with Gasteiger partial charge in [0.2, 0.25) is 17.5 Å². The van der Waals surface area contributed by atoms with Crippen molar-refractivity contribution in [1.29, 1.82) is 0 Å². The van der Waals surface area contributed by atoms with Gasteiger partial charge in [0.1, 0.15) is 5.75 Å². The molecule has 10 nitrogen and oxygen atoms in total. The first kappa shape index (κ1) is 24.0. The summed E-state index contributed by atoms with van der Waals surface area (Å²) in [4.78, 5) is 29.5. The summed E-state index contributed by atoms with van der Waals surface area (Å²) in [5.41, 5.74) is 0.778. The highest BCUT2D eigenvalue weighted by Crippen LogP contribution is 2.37. The molecule has 0 bridgehead atoms. The van der Waals surface area contributed by atoms with Crippen LogP contribution in [0.3, 0.4) is 0 Å². The molecule has 2 aliphatic rings. The number of amides is 2. The number of hydrogen-bond acceptors (Lipinski definition) is 8. The number of carbonyl (C=O) groups is 1. The van der Waals surface area contributed by atoms with Crippen LogP contribution in [0.2, 0.25) is 0 Å². The van der Waals surface area contributed by atoms with Gasteiger partial charge in [-0.05, 0) is 30.2 Å². The van der Waals surface area contributed by atoms with Crippen molar-refractivity contribution in [3.63, 3.8) is 0 Å². The number of hydrogen-bond donors (Lipinski definition) is 0. The molecule has 3 aromatic rings. The molecule has 2 unspecified atom stereocenters. The molecule has 2 fully saturated rings. The van der Waals surface area contributed by atoms with Gasteiger partial charge < -0.3 is 23.8 Å². The topological polar surface area (TPSA) is 107 Å². The highest BCUT2D eigenvalue weighted by molar-refractivity contribution is 5.75. The van der Waals surface area contributed by atoms with Crippen molar-refractivity contribution in [1.82, 2.24) is 29.9 Å². The van der Waals surface area contributed by atoms with Crippen LogP contribution in [0.1, 0.15) is 29.7 Å². The first-order valence-electron chi connectivity index (χ1n) is 11.4. The smallest absolute Gasteiger partial charge is 0.406 e. The van der Waals surface area contributed by atoms with E-state index in [9.17, 15) is 18.0 Å². The number of rotatable bonds is 4. The Bertz CT molecular complexity index is 1170. The van der Waals surface area contributed by atoms with Crippen molar-refractivity contribution >= 4 is 6.03 Å². The van der Waals surface area contributed by atoms with Gasteiger partial charge in [-0.3, -0.25) is 0 Å². The van der Waals surface area contributed by atoms with Crippen LogP contribution in [0.15, 0.2) is 47.2 Å². The zero-order chi connectivity index (χ0) is 25.1. The highest BCUT2D eigenvalue weighted by atomic mass is 19.4. The summed E-state index contributed by atoms with van der Waals surface area (Å²) >= 11 is 0. The Morgan fingerprint density at radius 1 is 0.972 bits per heavy atom. The Morgan fingerprint density at radius 3 is 2.36 bits per heavy atom. The van der Waals surface area contributed by atoms with Crippen LogP contribution in [0.25, 0.3) is 11.6 Å². The number of nitrogens with zero attached hydrogens (tertiary/aromatic N) is 6. The maximum Gasteiger partial charge on any atom is 0.573 e. The third-order valence-electron chi connectivity index (χ3n) is 6.14. The third-order valence-corrected chi connectivity index (χ3v) is 6.14. The largest absolute Gasteiger partial charge is 0.573 e. The molecule has 0 spiro atoms. The molecule has 0 radical (unpaired) electrons. The summed E-state index contributed by atoms with van der Waals surface area (Å²) in [7, 11) is 0. The van der Waals surface area contributed by atoms with Crippen LogP contribution in [-0.4, -0.2) is 81.7 Å². The molecule has 2 amide bonds. The lowest BCUT2D eigenvalue weighted by molar-refractivity contribution is -0.274. The summed E-state index contributed by atoms with van der Waals surface area (Å²) in [6, 6.07) is 7.27. The number of ether oxygens (including phenoxy) is 2. The number of alkyl halides is 3. The van der Waals surface area contributed by atoms with Crippen LogP contribution >= 0.6 is 0 Å². The van der Waals surface area contributed by atoms with E-state index in [4.69, 9.17) is 9.26 Å². The number of piperidine rings is 1. The molecule has 1 aromatic carbocycles. The second kappa shape index (κ2) is 10.1. The van der Waals surface area contributed by atoms with E-state index in [0.29, 0.717) is 57.5 Å². The molecule has 4 heterocycles. The summed E-state index contributed by atoms with van der Waals surface area (Å²) in [6.07, 6.45) is -1.06. The fraction of sp³-hybridized carbons (Fsp3) is 0.435. The van der Waals surface area contributed by atoms with Gasteiger partial charge in [0.15, 0.2) is 0 Å². The van der Waals surface area contributed by atoms with E-state index >= 15 is 0 Å². The quantitative estimate of drug-likeness (QED) is 0.532. The molecule has 2 saturated heterocycles. The van der Waals surface area contributed by atoms with Crippen molar-refractivity contribution in [2.75, 3.05) is 39.4 Å². The standard InChI is InChI=1S/C23H23F3N6O4/c24-23(25,26)35-18-4-2-15(3-5-18)16-12-17(14-32(13-16)22(33)31-8-10-34-11-9-31)21-29-20(30-36-21)19-27-6-1-7-28-19/h1-7,16-17H,8-14H2. The molecule has 0 N–H and O–H groups in total. The predicted octanol–water partition coefficient (Wildman–Crippen LogP) is 3.45. The minimum atomic E-state index is -4.77. The van der Waals surface area contributed by atoms with Crippen molar-refractivity contribution in [3.8, 4) is 17.4 Å². The lowest BCUT2D eigenvalue weighted by Gasteiger charge is -2.40. The number of morpholine rings is 1. The molecular formula is C23H23F3N6O4. The Balaban J connectivity index is 1.39. The Morgan fingerprint density at radius 2 is 1.67 bits per heavy atom. The highest BCUT2D eigenvalue weighted by Gasteiger charge is 2.37. The van der Waals surface area contributed by atoms with E-state index in [0.717, 1.165) is 5.56 Å². The van der Waals surface area contributed by atoms with Crippen LogP contribution in [0.4, 0.5) is 18.0 Å². The van der Waals surface area contributed by atoms with E-state index in [2.05, 4.69) is 24.8 Å². The van der Waals surface area contributed by atoms with E-state index in [1.165, 1.54) is 12.1 Å². The number of likely N-dealkylation sites (tertiary alicyclic amines) is 1. The van der Waals surface area contributed by atoms with Crippen molar-refractivity contribution in [3.05, 3.63) is 54.2 Å². The molecule has 2 aromatic heterocycles.